The molecule has 0 saturated carbocycles. The average molecular weight is 495 g/mol. The molecule has 1 aliphatic heterocycles. The second-order valence-electron chi connectivity index (χ2n) is 8.00. The summed E-state index contributed by atoms with van der Waals surface area (Å²) in [6, 6.07) is 29.6. The third-order valence-electron chi connectivity index (χ3n) is 5.53. The van der Waals surface area contributed by atoms with E-state index >= 15 is 0 Å². The number of nitrogens with zero attached hydrogens (tertiary/aromatic N) is 1. The van der Waals surface area contributed by atoms with Crippen LogP contribution in [-0.4, -0.2) is 16.9 Å². The molecule has 5 rings (SSSR count). The Morgan fingerprint density at radius 3 is 2.17 bits per heavy atom. The minimum absolute atomic E-state index is 0.00705. The van der Waals surface area contributed by atoms with Crippen LogP contribution in [0.1, 0.15) is 5.56 Å². The summed E-state index contributed by atoms with van der Waals surface area (Å²) in [5.41, 5.74) is 2.49. The zero-order valence-electron chi connectivity index (χ0n) is 18.9. The molecule has 0 aliphatic carbocycles. The lowest BCUT2D eigenvalue weighted by Gasteiger charge is -2.29. The Kier molecular flexibility index (Phi) is 6.38. The molecule has 7 heteroatoms. The first-order valence-corrected chi connectivity index (χ1v) is 11.5. The van der Waals surface area contributed by atoms with Crippen LogP contribution in [0.4, 0.5) is 10.1 Å². The number of benzene rings is 4. The van der Waals surface area contributed by atoms with Gasteiger partial charge in [-0.2, -0.15) is 0 Å². The molecule has 1 saturated heterocycles. The van der Waals surface area contributed by atoms with Crippen LogP contribution in [0, 0.1) is 5.82 Å². The van der Waals surface area contributed by atoms with E-state index in [-0.39, 0.29) is 16.5 Å². The normalized spacial score (nSPS) is 14.6. The average Bonchev–Trinajstić information content (AvgIpc) is 2.88. The number of amides is 2. The van der Waals surface area contributed by atoms with Crippen molar-refractivity contribution in [3.05, 3.63) is 120 Å². The summed E-state index contributed by atoms with van der Waals surface area (Å²) in [5.74, 6) is -0.192. The molecule has 0 aromatic heterocycles. The van der Waals surface area contributed by atoms with Crippen molar-refractivity contribution in [2.75, 3.05) is 4.90 Å². The van der Waals surface area contributed by atoms with Gasteiger partial charge in [-0.15, -0.1) is 0 Å². The molecular weight excluding hydrogens is 475 g/mol. The van der Waals surface area contributed by atoms with Crippen LogP contribution in [0.25, 0.3) is 17.2 Å². The van der Waals surface area contributed by atoms with Crippen LogP contribution in [0.2, 0.25) is 0 Å². The summed E-state index contributed by atoms with van der Waals surface area (Å²) in [6.07, 6.45) is 1.50. The topological polar surface area (TPSA) is 58.6 Å². The second kappa shape index (κ2) is 9.93. The molecule has 1 aliphatic rings. The highest BCUT2D eigenvalue weighted by Crippen LogP contribution is 2.28. The van der Waals surface area contributed by atoms with Gasteiger partial charge in [0.15, 0.2) is 5.11 Å². The van der Waals surface area contributed by atoms with Gasteiger partial charge in [-0.3, -0.25) is 19.8 Å². The fraction of sp³-hybridized carbons (Fsp3) is 0. The Balaban J connectivity index is 1.42. The molecule has 4 aromatic carbocycles. The minimum Gasteiger partial charge on any atom is -0.457 e. The molecule has 0 atom stereocenters. The lowest BCUT2D eigenvalue weighted by atomic mass is 10.0. The van der Waals surface area contributed by atoms with Crippen molar-refractivity contribution < 1.29 is 18.7 Å². The largest absolute Gasteiger partial charge is 0.457 e. The van der Waals surface area contributed by atoms with E-state index in [1.165, 1.54) is 23.1 Å². The van der Waals surface area contributed by atoms with Gasteiger partial charge in [0.1, 0.15) is 22.9 Å². The number of hydrogen-bond acceptors (Lipinski definition) is 4. The number of thiocarbonyl (C=S) groups is 1. The zero-order valence-corrected chi connectivity index (χ0v) is 19.7. The summed E-state index contributed by atoms with van der Waals surface area (Å²) >= 11 is 5.29. The zero-order chi connectivity index (χ0) is 25.1. The third-order valence-corrected chi connectivity index (χ3v) is 5.82. The molecule has 0 unspecified atom stereocenters. The Labute approximate surface area is 212 Å². The summed E-state index contributed by atoms with van der Waals surface area (Å²) in [4.78, 5) is 27.3. The monoisotopic (exact) mass is 494 g/mol. The van der Waals surface area contributed by atoms with Crippen molar-refractivity contribution in [2.24, 2.45) is 0 Å². The van der Waals surface area contributed by atoms with Gasteiger partial charge in [0.25, 0.3) is 11.8 Å². The minimum atomic E-state index is -0.582. The van der Waals surface area contributed by atoms with E-state index in [0.717, 1.165) is 5.56 Å². The molecule has 1 heterocycles. The fourth-order valence-electron chi connectivity index (χ4n) is 3.82. The number of carbonyl (C=O) groups excluding carboxylic acids is 2. The number of para-hydroxylation sites is 1. The second-order valence-corrected chi connectivity index (χ2v) is 8.39. The van der Waals surface area contributed by atoms with Crippen LogP contribution in [-0.2, 0) is 9.59 Å². The van der Waals surface area contributed by atoms with Crippen molar-refractivity contribution in [1.29, 1.82) is 0 Å². The van der Waals surface area contributed by atoms with Crippen molar-refractivity contribution in [2.45, 2.75) is 0 Å². The Morgan fingerprint density at radius 1 is 0.778 bits per heavy atom. The summed E-state index contributed by atoms with van der Waals surface area (Å²) in [6.45, 7) is 0. The van der Waals surface area contributed by atoms with Crippen LogP contribution < -0.4 is 15.0 Å². The predicted molar refractivity (Wildman–Crippen MR) is 141 cm³/mol. The Hall–Kier alpha value is -4.62. The predicted octanol–water partition coefficient (Wildman–Crippen LogP) is 6.12. The van der Waals surface area contributed by atoms with Gasteiger partial charge in [-0.1, -0.05) is 48.5 Å². The van der Waals surface area contributed by atoms with Gasteiger partial charge in [-0.05, 0) is 89.6 Å². The standard InChI is InChI=1S/C29H19FN2O3S/c30-22-9-5-8-21(18-22)20-7-4-6-19(16-20)17-26-27(33)31-29(36)32(28(26)34)23-12-14-25(15-13-23)35-24-10-2-1-3-11-24/h1-18H,(H,31,33,36). The van der Waals surface area contributed by atoms with Gasteiger partial charge < -0.3 is 4.74 Å². The first-order chi connectivity index (χ1) is 17.5. The van der Waals surface area contributed by atoms with Crippen LogP contribution in [0.3, 0.4) is 0 Å². The third kappa shape index (κ3) is 4.92. The highest BCUT2D eigenvalue weighted by atomic mass is 32.1. The molecular formula is C29H19FN2O3S. The molecule has 1 fully saturated rings. The molecule has 2 amide bonds. The molecule has 5 nitrogen and oxygen atoms in total. The number of carbonyl (C=O) groups is 2. The van der Waals surface area contributed by atoms with Gasteiger partial charge >= 0.3 is 0 Å². The summed E-state index contributed by atoms with van der Waals surface area (Å²) in [7, 11) is 0. The van der Waals surface area contributed by atoms with Crippen molar-refractivity contribution in [3.8, 4) is 22.6 Å². The molecule has 0 spiro atoms. The van der Waals surface area contributed by atoms with E-state index in [1.54, 1.807) is 54.6 Å². The molecule has 176 valence electrons. The van der Waals surface area contributed by atoms with Gasteiger partial charge in [-0.25, -0.2) is 4.39 Å². The van der Waals surface area contributed by atoms with E-state index in [4.69, 9.17) is 17.0 Å². The summed E-state index contributed by atoms with van der Waals surface area (Å²) in [5, 5.41) is 2.58. The van der Waals surface area contributed by atoms with E-state index in [2.05, 4.69) is 5.32 Å². The van der Waals surface area contributed by atoms with E-state index < -0.39 is 11.8 Å². The number of anilines is 1. The van der Waals surface area contributed by atoms with E-state index in [0.29, 0.717) is 28.3 Å². The highest BCUT2D eigenvalue weighted by molar-refractivity contribution is 7.80. The van der Waals surface area contributed by atoms with Gasteiger partial charge in [0.05, 0.1) is 5.69 Å². The number of halogens is 1. The first kappa shape index (κ1) is 23.1. The number of nitrogens with one attached hydrogen (secondary N) is 1. The maximum absolute atomic E-state index is 13.7. The maximum Gasteiger partial charge on any atom is 0.270 e. The highest BCUT2D eigenvalue weighted by Gasteiger charge is 2.34. The molecule has 0 bridgehead atoms. The van der Waals surface area contributed by atoms with E-state index in [9.17, 15) is 14.0 Å². The quantitative estimate of drug-likeness (QED) is 0.206. The van der Waals surface area contributed by atoms with Crippen LogP contribution >= 0.6 is 12.2 Å². The summed E-state index contributed by atoms with van der Waals surface area (Å²) < 4.78 is 19.5. The molecule has 36 heavy (non-hydrogen) atoms. The van der Waals surface area contributed by atoms with Gasteiger partial charge in [0, 0.05) is 0 Å². The number of hydrogen-bond donors (Lipinski definition) is 1. The van der Waals surface area contributed by atoms with Gasteiger partial charge in [0.2, 0.25) is 0 Å². The Bertz CT molecular complexity index is 1500. The lowest BCUT2D eigenvalue weighted by molar-refractivity contribution is -0.122. The number of rotatable bonds is 5. The van der Waals surface area contributed by atoms with Crippen molar-refractivity contribution >= 4 is 40.9 Å². The fourth-order valence-corrected chi connectivity index (χ4v) is 4.10. The number of ether oxygens (including phenoxy) is 1. The maximum atomic E-state index is 13.7. The lowest BCUT2D eigenvalue weighted by Crippen LogP contribution is -2.54. The first-order valence-electron chi connectivity index (χ1n) is 11.1. The Morgan fingerprint density at radius 2 is 1.44 bits per heavy atom. The smallest absolute Gasteiger partial charge is 0.270 e. The SMILES string of the molecule is O=C1NC(=S)N(c2ccc(Oc3ccccc3)cc2)C(=O)C1=Cc1cccc(-c2cccc(F)c2)c1. The van der Waals surface area contributed by atoms with Crippen LogP contribution in [0.15, 0.2) is 109 Å². The van der Waals surface area contributed by atoms with E-state index in [1.807, 2.05) is 36.4 Å². The van der Waals surface area contributed by atoms with Crippen molar-refractivity contribution in [1.82, 2.24) is 5.32 Å². The molecule has 0 radical (unpaired) electrons. The van der Waals surface area contributed by atoms with Crippen LogP contribution in [0.5, 0.6) is 11.5 Å². The molecule has 1 N–H and O–H groups in total. The molecule has 4 aromatic rings. The van der Waals surface area contributed by atoms with Crippen molar-refractivity contribution in [3.63, 3.8) is 0 Å².